The van der Waals surface area contributed by atoms with E-state index in [4.69, 9.17) is 28.9 Å². The van der Waals surface area contributed by atoms with Gasteiger partial charge in [0.1, 0.15) is 22.9 Å². The Bertz CT molecular complexity index is 1400. The molecule has 0 bridgehead atoms. The van der Waals surface area contributed by atoms with Crippen LogP contribution in [0, 0.1) is 28.4 Å². The number of amides is 1. The van der Waals surface area contributed by atoms with Gasteiger partial charge in [0.05, 0.1) is 16.7 Å². The highest BCUT2D eigenvalue weighted by molar-refractivity contribution is 6.31. The number of carbonyl (C=O) groups is 1. The van der Waals surface area contributed by atoms with E-state index in [2.05, 4.69) is 47.8 Å². The molecule has 2 aromatic carbocycles. The number of benzene rings is 2. The lowest BCUT2D eigenvalue weighted by atomic mass is 9.64. The van der Waals surface area contributed by atoms with Crippen molar-refractivity contribution in [2.45, 2.75) is 63.0 Å². The van der Waals surface area contributed by atoms with Gasteiger partial charge in [-0.2, -0.15) is 10.3 Å². The van der Waals surface area contributed by atoms with E-state index >= 15 is 4.39 Å². The second-order valence-corrected chi connectivity index (χ2v) is 13.2. The molecule has 8 nitrogen and oxygen atoms in total. The zero-order chi connectivity index (χ0) is 32.5. The molecule has 2 fully saturated rings. The zero-order valence-corrected chi connectivity index (χ0v) is 26.7. The third kappa shape index (κ3) is 8.77. The van der Waals surface area contributed by atoms with Crippen LogP contribution in [0.2, 0.25) is 10.0 Å². The Morgan fingerprint density at radius 2 is 1.95 bits per heavy atom. The van der Waals surface area contributed by atoms with Gasteiger partial charge in [-0.05, 0) is 67.6 Å². The van der Waals surface area contributed by atoms with Gasteiger partial charge in [-0.3, -0.25) is 4.79 Å². The monoisotopic (exact) mass is 648 g/mol. The zero-order valence-electron chi connectivity index (χ0n) is 25.1. The molecular formula is C32H40Cl2F2N6O2. The molecule has 0 radical (unpaired) electrons. The number of carbonyl (C=O) groups excluding carboxylic acids is 1. The molecule has 12 heteroatoms. The van der Waals surface area contributed by atoms with Gasteiger partial charge >= 0.3 is 0 Å². The number of piperidine rings is 1. The summed E-state index contributed by atoms with van der Waals surface area (Å²) in [5.74, 6) is -1.59. The Morgan fingerprint density at radius 1 is 1.25 bits per heavy atom. The van der Waals surface area contributed by atoms with E-state index in [9.17, 15) is 19.6 Å². The second kappa shape index (κ2) is 15.3. The fourth-order valence-electron chi connectivity index (χ4n) is 5.80. The average Bonchev–Trinajstić information content (AvgIpc) is 3.30. The van der Waals surface area contributed by atoms with Crippen molar-refractivity contribution in [3.63, 3.8) is 0 Å². The van der Waals surface area contributed by atoms with Crippen LogP contribution in [0.5, 0.6) is 0 Å². The van der Waals surface area contributed by atoms with E-state index in [-0.39, 0.29) is 32.9 Å². The van der Waals surface area contributed by atoms with E-state index in [0.29, 0.717) is 31.5 Å². The molecular weight excluding hydrogens is 609 g/mol. The number of nitrogens with two attached hydrogens (primary N) is 1. The molecule has 0 spiro atoms. The number of hydrogen-bond donors (Lipinski definition) is 5. The van der Waals surface area contributed by atoms with Crippen LogP contribution in [0.15, 0.2) is 53.7 Å². The fraction of sp³-hybridized carbons (Fsp3) is 0.469. The number of nitrogens with zero attached hydrogens (tertiary/aromatic N) is 2. The van der Waals surface area contributed by atoms with Crippen molar-refractivity contribution in [1.29, 1.82) is 5.26 Å². The minimum Gasteiger partial charge on any atom is -0.388 e. The first kappa shape index (κ1) is 35.4. The van der Waals surface area contributed by atoms with Crippen LogP contribution in [-0.2, 0) is 10.2 Å². The first-order valence-electron chi connectivity index (χ1n) is 14.4. The van der Waals surface area contributed by atoms with Crippen molar-refractivity contribution in [1.82, 2.24) is 16.0 Å². The van der Waals surface area contributed by atoms with Crippen molar-refractivity contribution in [2.24, 2.45) is 16.1 Å². The van der Waals surface area contributed by atoms with Crippen molar-refractivity contribution in [3.8, 4) is 6.07 Å². The molecule has 1 amide bonds. The lowest BCUT2D eigenvalue weighted by Gasteiger charge is -2.37. The van der Waals surface area contributed by atoms with Crippen LogP contribution < -0.4 is 21.7 Å². The standard InChI is InChI=1S/C22H22Cl2F2N2.C10H18N4O2/c1-21(2,3)10-19-22(12-27,15-8-7-13(23)9-18(15)25)16(11-28-19)14-5-4-6-17(24)20(14)26;11-9(14-8-15)1-4-13-7-10(16)2-5-12-6-3-10/h4-9,16,19,28H,10-11H2,1-3H3;1,4,8,12-13,16H,2-3,5-7H2,(H2,11,14,15)/b;4-1-/t16?,19?,22-;/m1./s1. The number of nitriles is 1. The van der Waals surface area contributed by atoms with Gasteiger partial charge in [-0.25, -0.2) is 8.78 Å². The normalized spacial score (nSPS) is 23.5. The number of nitrogens with one attached hydrogen (secondary N) is 3. The first-order chi connectivity index (χ1) is 20.8. The van der Waals surface area contributed by atoms with Gasteiger partial charge in [0, 0.05) is 41.8 Å². The summed E-state index contributed by atoms with van der Waals surface area (Å²) < 4.78 is 29.9. The number of aliphatic imine (C=N–C) groups is 1. The van der Waals surface area contributed by atoms with Crippen LogP contribution >= 0.6 is 23.2 Å². The fourth-order valence-corrected chi connectivity index (χ4v) is 6.14. The second-order valence-electron chi connectivity index (χ2n) is 12.4. The van der Waals surface area contributed by atoms with Crippen LogP contribution in [-0.4, -0.2) is 55.2 Å². The Kier molecular flexibility index (Phi) is 12.3. The summed E-state index contributed by atoms with van der Waals surface area (Å²) in [5.41, 5.74) is 3.81. The summed E-state index contributed by atoms with van der Waals surface area (Å²) in [5, 5.41) is 30.2. The van der Waals surface area contributed by atoms with E-state index in [0.717, 1.165) is 25.9 Å². The number of rotatable bonds is 8. The molecule has 0 saturated carbocycles. The lowest BCUT2D eigenvalue weighted by molar-refractivity contribution is -0.106. The van der Waals surface area contributed by atoms with Crippen molar-refractivity contribution < 1.29 is 18.7 Å². The minimum atomic E-state index is -1.30. The smallest absolute Gasteiger partial charge is 0.234 e. The van der Waals surface area contributed by atoms with Crippen molar-refractivity contribution in [2.75, 3.05) is 26.2 Å². The third-order valence-electron chi connectivity index (χ3n) is 7.94. The van der Waals surface area contributed by atoms with Crippen LogP contribution in [0.25, 0.3) is 0 Å². The molecule has 238 valence electrons. The van der Waals surface area contributed by atoms with E-state index in [1.54, 1.807) is 30.5 Å². The SMILES string of the molecule is CC(C)(C)CC1NCC(c2cccc(Cl)c2F)[C@@]1(C#N)c1ccc(Cl)cc1F.NC(/C=C\NCC1(O)CCNCC1)=NC=O. The molecule has 6 N–H and O–H groups in total. The molecule has 4 rings (SSSR count). The first-order valence-corrected chi connectivity index (χ1v) is 15.2. The number of halogens is 4. The molecule has 0 aromatic heterocycles. The highest BCUT2D eigenvalue weighted by atomic mass is 35.5. The number of amidine groups is 1. The molecule has 2 heterocycles. The highest BCUT2D eigenvalue weighted by Crippen LogP contribution is 2.50. The quantitative estimate of drug-likeness (QED) is 0.155. The van der Waals surface area contributed by atoms with Gasteiger partial charge in [0.25, 0.3) is 0 Å². The van der Waals surface area contributed by atoms with E-state index in [1.807, 2.05) is 0 Å². The molecule has 0 aliphatic carbocycles. The molecule has 44 heavy (non-hydrogen) atoms. The van der Waals surface area contributed by atoms with Crippen molar-refractivity contribution in [3.05, 3.63) is 81.5 Å². The van der Waals surface area contributed by atoms with E-state index in [1.165, 1.54) is 18.2 Å². The summed E-state index contributed by atoms with van der Waals surface area (Å²) in [4.78, 5) is 13.3. The maximum absolute atomic E-state index is 15.0. The largest absolute Gasteiger partial charge is 0.388 e. The predicted molar refractivity (Wildman–Crippen MR) is 171 cm³/mol. The van der Waals surface area contributed by atoms with Gasteiger partial charge in [-0.15, -0.1) is 0 Å². The van der Waals surface area contributed by atoms with Crippen LogP contribution in [0.3, 0.4) is 0 Å². The third-order valence-corrected chi connectivity index (χ3v) is 8.47. The van der Waals surface area contributed by atoms with E-state index < -0.39 is 28.6 Å². The summed E-state index contributed by atoms with van der Waals surface area (Å²) in [6.07, 6.45) is 5.53. The maximum Gasteiger partial charge on any atom is 0.234 e. The Morgan fingerprint density at radius 3 is 2.57 bits per heavy atom. The molecule has 2 unspecified atom stereocenters. The predicted octanol–water partition coefficient (Wildman–Crippen LogP) is 4.94. The highest BCUT2D eigenvalue weighted by Gasteiger charge is 2.55. The van der Waals surface area contributed by atoms with Crippen LogP contribution in [0.1, 0.15) is 57.1 Å². The van der Waals surface area contributed by atoms with Gasteiger partial charge < -0.3 is 26.8 Å². The summed E-state index contributed by atoms with van der Waals surface area (Å²) in [7, 11) is 0. The topological polar surface area (TPSA) is 136 Å². The maximum atomic E-state index is 15.0. The molecule has 2 aromatic rings. The Hall–Kier alpha value is -3.07. The van der Waals surface area contributed by atoms with Crippen LogP contribution in [0.4, 0.5) is 8.78 Å². The summed E-state index contributed by atoms with van der Waals surface area (Å²) in [6.45, 7) is 8.65. The van der Waals surface area contributed by atoms with Gasteiger partial charge in [-0.1, -0.05) is 62.2 Å². The number of aliphatic hydroxyl groups is 1. The lowest BCUT2D eigenvalue weighted by Crippen LogP contribution is -2.47. The Labute approximate surface area is 267 Å². The number of hydrogen-bond acceptors (Lipinski definition) is 6. The van der Waals surface area contributed by atoms with Gasteiger partial charge in [0.15, 0.2) is 0 Å². The summed E-state index contributed by atoms with van der Waals surface area (Å²) >= 11 is 11.9. The molecule has 2 aliphatic rings. The van der Waals surface area contributed by atoms with Gasteiger partial charge in [0.2, 0.25) is 6.41 Å². The van der Waals surface area contributed by atoms with Crippen molar-refractivity contribution >= 4 is 35.4 Å². The Balaban J connectivity index is 0.000000281. The molecule has 2 aliphatic heterocycles. The summed E-state index contributed by atoms with van der Waals surface area (Å²) in [6, 6.07) is 11.0. The molecule has 2 saturated heterocycles. The minimum absolute atomic E-state index is 0.0137. The average molecular weight is 650 g/mol. The molecule has 3 atom stereocenters.